The fraction of sp³-hybridized carbons (Fsp3) is 0.824. The molecule has 1 amide bonds. The second-order valence-electron chi connectivity index (χ2n) is 7.60. The van der Waals surface area contributed by atoms with Gasteiger partial charge >= 0.3 is 0 Å². The van der Waals surface area contributed by atoms with E-state index < -0.39 is 0 Å². The van der Waals surface area contributed by atoms with Crippen LogP contribution in [0.1, 0.15) is 38.5 Å². The van der Waals surface area contributed by atoms with Crippen molar-refractivity contribution in [1.29, 1.82) is 0 Å². The Morgan fingerprint density at radius 2 is 1.86 bits per heavy atom. The number of hydrazine groups is 1. The number of rotatable bonds is 5. The van der Waals surface area contributed by atoms with Crippen LogP contribution in [0.5, 0.6) is 0 Å². The lowest BCUT2D eigenvalue weighted by molar-refractivity contribution is -0.907. The lowest BCUT2D eigenvalue weighted by atomic mass is 9.60. The van der Waals surface area contributed by atoms with Crippen LogP contribution in [0.2, 0.25) is 0 Å². The van der Waals surface area contributed by atoms with E-state index in [4.69, 9.17) is 4.74 Å². The lowest BCUT2D eigenvalue weighted by Crippen LogP contribution is -3.14. The number of amides is 1. The Morgan fingerprint density at radius 1 is 1.14 bits per heavy atom. The minimum Gasteiger partial charge on any atom is -0.370 e. The molecule has 5 rings (SSSR count). The SMILES string of the molecule is O=C(CC[NH+]1CCOCC1)NNC1=C2CC3CC(C2)CC1C3. The maximum absolute atomic E-state index is 12.1. The molecule has 3 fully saturated rings. The van der Waals surface area contributed by atoms with Gasteiger partial charge in [-0.2, -0.15) is 0 Å². The highest BCUT2D eigenvalue weighted by Gasteiger charge is 2.41. The lowest BCUT2D eigenvalue weighted by Gasteiger charge is -2.47. The number of carbonyl (C=O) groups excluding carboxylic acids is 1. The summed E-state index contributed by atoms with van der Waals surface area (Å²) in [5, 5.41) is 0. The predicted octanol–water partition coefficient (Wildman–Crippen LogP) is 0.00640. The molecule has 5 nitrogen and oxygen atoms in total. The molecule has 1 saturated heterocycles. The normalized spacial score (nSPS) is 34.1. The average Bonchev–Trinajstić information content (AvgIpc) is 2.52. The molecule has 1 aliphatic heterocycles. The van der Waals surface area contributed by atoms with Crippen molar-refractivity contribution in [2.75, 3.05) is 32.8 Å². The number of allylic oxidation sites excluding steroid dienone is 2. The Labute approximate surface area is 132 Å². The fourth-order valence-corrected chi connectivity index (χ4v) is 5.01. The summed E-state index contributed by atoms with van der Waals surface area (Å²) in [4.78, 5) is 13.6. The Hall–Kier alpha value is -1.07. The van der Waals surface area contributed by atoms with E-state index in [9.17, 15) is 4.79 Å². The van der Waals surface area contributed by atoms with E-state index in [0.29, 0.717) is 12.3 Å². The number of carbonyl (C=O) groups is 1. The molecule has 22 heavy (non-hydrogen) atoms. The van der Waals surface area contributed by atoms with E-state index in [1.54, 1.807) is 5.57 Å². The maximum atomic E-state index is 12.1. The van der Waals surface area contributed by atoms with Gasteiger partial charge in [-0.05, 0) is 49.5 Å². The minimum absolute atomic E-state index is 0.126. The van der Waals surface area contributed by atoms with Gasteiger partial charge < -0.3 is 15.1 Å². The van der Waals surface area contributed by atoms with Gasteiger partial charge in [0.15, 0.2) is 0 Å². The summed E-state index contributed by atoms with van der Waals surface area (Å²) in [6.07, 6.45) is 7.24. The van der Waals surface area contributed by atoms with Crippen molar-refractivity contribution < 1.29 is 14.4 Å². The summed E-state index contributed by atoms with van der Waals surface area (Å²) in [6.45, 7) is 4.63. The summed E-state index contributed by atoms with van der Waals surface area (Å²) < 4.78 is 5.35. The largest absolute Gasteiger partial charge is 0.370 e. The molecule has 0 aromatic heterocycles. The molecule has 0 radical (unpaired) electrons. The van der Waals surface area contributed by atoms with Crippen molar-refractivity contribution in [1.82, 2.24) is 10.9 Å². The molecule has 5 heteroatoms. The van der Waals surface area contributed by atoms with Crippen LogP contribution in [-0.2, 0) is 9.53 Å². The second-order valence-corrected chi connectivity index (χ2v) is 7.60. The van der Waals surface area contributed by atoms with Gasteiger partial charge in [-0.3, -0.25) is 10.2 Å². The molecule has 5 aliphatic rings. The van der Waals surface area contributed by atoms with Gasteiger partial charge in [-0.15, -0.1) is 0 Å². The molecule has 2 saturated carbocycles. The van der Waals surface area contributed by atoms with Crippen molar-refractivity contribution in [2.24, 2.45) is 17.8 Å². The van der Waals surface area contributed by atoms with E-state index in [-0.39, 0.29) is 5.91 Å². The molecule has 0 spiro atoms. The highest BCUT2D eigenvalue weighted by Crippen LogP contribution is 2.52. The first-order valence-electron chi connectivity index (χ1n) is 8.96. The molecule has 2 atom stereocenters. The Morgan fingerprint density at radius 3 is 2.55 bits per heavy atom. The molecule has 2 unspecified atom stereocenters. The molecule has 0 aromatic rings. The number of ether oxygens (including phenoxy) is 1. The van der Waals surface area contributed by atoms with Gasteiger partial charge in [-0.25, -0.2) is 0 Å². The van der Waals surface area contributed by atoms with Crippen LogP contribution >= 0.6 is 0 Å². The number of nitrogens with one attached hydrogen (secondary N) is 3. The molecule has 122 valence electrons. The highest BCUT2D eigenvalue weighted by molar-refractivity contribution is 5.75. The number of hydrogen-bond donors (Lipinski definition) is 3. The maximum Gasteiger partial charge on any atom is 0.243 e. The van der Waals surface area contributed by atoms with Crippen molar-refractivity contribution >= 4 is 5.91 Å². The van der Waals surface area contributed by atoms with Crippen LogP contribution in [-0.4, -0.2) is 38.8 Å². The summed E-state index contributed by atoms with van der Waals surface area (Å²) >= 11 is 0. The summed E-state index contributed by atoms with van der Waals surface area (Å²) in [6, 6.07) is 0. The first kappa shape index (κ1) is 14.5. The third-order valence-electron chi connectivity index (χ3n) is 6.00. The van der Waals surface area contributed by atoms with Crippen LogP contribution in [0.15, 0.2) is 11.3 Å². The van der Waals surface area contributed by atoms with Gasteiger partial charge in [0.1, 0.15) is 13.1 Å². The number of hydrogen-bond acceptors (Lipinski definition) is 3. The van der Waals surface area contributed by atoms with Crippen LogP contribution in [0.25, 0.3) is 0 Å². The molecule has 4 aliphatic carbocycles. The molecule has 1 heterocycles. The molecule has 3 N–H and O–H groups in total. The highest BCUT2D eigenvalue weighted by atomic mass is 16.5. The minimum atomic E-state index is 0.126. The third kappa shape index (κ3) is 3.01. The molecular formula is C17H28N3O2+. The van der Waals surface area contributed by atoms with E-state index in [2.05, 4.69) is 10.9 Å². The summed E-state index contributed by atoms with van der Waals surface area (Å²) in [7, 11) is 0. The van der Waals surface area contributed by atoms with Gasteiger partial charge in [0, 0.05) is 11.6 Å². The average molecular weight is 306 g/mol. The van der Waals surface area contributed by atoms with Gasteiger partial charge in [-0.1, -0.05) is 0 Å². The smallest absolute Gasteiger partial charge is 0.243 e. The van der Waals surface area contributed by atoms with Crippen molar-refractivity contribution in [3.63, 3.8) is 0 Å². The zero-order chi connectivity index (χ0) is 14.9. The van der Waals surface area contributed by atoms with Crippen LogP contribution in [0.4, 0.5) is 0 Å². The molecular weight excluding hydrogens is 278 g/mol. The van der Waals surface area contributed by atoms with Crippen molar-refractivity contribution in [3.05, 3.63) is 11.3 Å². The van der Waals surface area contributed by atoms with Gasteiger partial charge in [0.25, 0.3) is 0 Å². The Balaban J connectivity index is 1.25. The Kier molecular flexibility index (Phi) is 4.09. The number of quaternary nitrogens is 1. The molecule has 0 aromatic carbocycles. The monoisotopic (exact) mass is 306 g/mol. The van der Waals surface area contributed by atoms with Crippen LogP contribution < -0.4 is 15.8 Å². The zero-order valence-corrected chi connectivity index (χ0v) is 13.3. The van der Waals surface area contributed by atoms with Crippen LogP contribution in [0.3, 0.4) is 0 Å². The third-order valence-corrected chi connectivity index (χ3v) is 6.00. The number of morpholine rings is 1. The van der Waals surface area contributed by atoms with E-state index in [1.165, 1.54) is 42.7 Å². The second kappa shape index (κ2) is 6.20. The molecule has 4 bridgehead atoms. The van der Waals surface area contributed by atoms with E-state index in [1.807, 2.05) is 0 Å². The van der Waals surface area contributed by atoms with Crippen molar-refractivity contribution in [3.8, 4) is 0 Å². The summed E-state index contributed by atoms with van der Waals surface area (Å²) in [5.74, 6) is 2.67. The predicted molar refractivity (Wildman–Crippen MR) is 82.9 cm³/mol. The fourth-order valence-electron chi connectivity index (χ4n) is 5.01. The first-order chi connectivity index (χ1) is 10.8. The van der Waals surface area contributed by atoms with Crippen LogP contribution in [0, 0.1) is 17.8 Å². The topological polar surface area (TPSA) is 54.8 Å². The van der Waals surface area contributed by atoms with Gasteiger partial charge in [0.05, 0.1) is 26.2 Å². The standard InChI is InChI=1S/C17H27N3O2/c21-16(1-2-20-3-5-22-6-4-20)18-19-17-14-8-12-7-13(10-14)11-15(17)9-12/h12-14,19H,1-11H2,(H,18,21)/p+1. The Bertz CT molecular complexity index is 455. The first-order valence-corrected chi connectivity index (χ1v) is 8.96. The quantitative estimate of drug-likeness (QED) is 0.627. The van der Waals surface area contributed by atoms with Gasteiger partial charge in [0.2, 0.25) is 5.91 Å². The van der Waals surface area contributed by atoms with E-state index in [0.717, 1.165) is 44.7 Å². The van der Waals surface area contributed by atoms with E-state index >= 15 is 0 Å². The summed E-state index contributed by atoms with van der Waals surface area (Å²) in [5.41, 5.74) is 9.22. The zero-order valence-electron chi connectivity index (χ0n) is 13.3. The van der Waals surface area contributed by atoms with Crippen molar-refractivity contribution in [2.45, 2.75) is 38.5 Å².